The largest absolute Gasteiger partial charge is 0.351 e. The third kappa shape index (κ3) is 3.78. The number of rotatable bonds is 4. The number of primary amides is 1. The predicted octanol–water partition coefficient (Wildman–Crippen LogP) is 1.22. The van der Waals surface area contributed by atoms with Crippen LogP contribution in [0.1, 0.15) is 12.8 Å². The lowest BCUT2D eigenvalue weighted by molar-refractivity contribution is 0.225. The van der Waals surface area contributed by atoms with Crippen LogP contribution in [0.15, 0.2) is 30.3 Å². The molecule has 1 aromatic rings. The van der Waals surface area contributed by atoms with Crippen LogP contribution < -0.4 is 10.6 Å². The average molecular weight is 297 g/mol. The van der Waals surface area contributed by atoms with Crippen molar-refractivity contribution in [3.63, 3.8) is 0 Å². The zero-order valence-electron chi connectivity index (χ0n) is 11.1. The van der Waals surface area contributed by atoms with E-state index in [9.17, 15) is 9.00 Å². The van der Waals surface area contributed by atoms with Gasteiger partial charge in [0.15, 0.2) is 11.1 Å². The normalized spacial score (nSPS) is 18.6. The first kappa shape index (κ1) is 15.0. The highest BCUT2D eigenvalue weighted by Gasteiger charge is 2.28. The van der Waals surface area contributed by atoms with Gasteiger partial charge in [-0.25, -0.2) is 9.00 Å². The van der Waals surface area contributed by atoms with E-state index in [-0.39, 0.29) is 11.9 Å². The molecule has 0 spiro atoms. The maximum absolute atomic E-state index is 11.7. The molecule has 1 atom stereocenters. The first-order valence-electron chi connectivity index (χ1n) is 6.51. The molecule has 0 aromatic heterocycles. The van der Waals surface area contributed by atoms with Gasteiger partial charge in [-0.2, -0.15) is 0 Å². The number of amides is 2. The first-order valence-corrected chi connectivity index (χ1v) is 7.79. The van der Waals surface area contributed by atoms with Crippen LogP contribution in [0.4, 0.5) is 10.5 Å². The molecular formula is C13H19N3O3S. The van der Waals surface area contributed by atoms with Crippen LogP contribution in [0.5, 0.6) is 0 Å². The Kier molecular flexibility index (Phi) is 5.11. The van der Waals surface area contributed by atoms with E-state index >= 15 is 0 Å². The Morgan fingerprint density at radius 2 is 1.95 bits per heavy atom. The molecule has 1 saturated heterocycles. The van der Waals surface area contributed by atoms with E-state index in [1.54, 1.807) is 4.90 Å². The van der Waals surface area contributed by atoms with Gasteiger partial charge in [0, 0.05) is 24.8 Å². The van der Waals surface area contributed by atoms with E-state index < -0.39 is 17.1 Å². The summed E-state index contributed by atoms with van der Waals surface area (Å²) in [6, 6.07) is 8.94. The van der Waals surface area contributed by atoms with Gasteiger partial charge < -0.3 is 10.3 Å². The van der Waals surface area contributed by atoms with Crippen LogP contribution in [0.2, 0.25) is 0 Å². The molecule has 0 radical (unpaired) electrons. The van der Waals surface area contributed by atoms with Crippen molar-refractivity contribution >= 4 is 22.8 Å². The second-order valence-corrected chi connectivity index (χ2v) is 5.74. The molecule has 6 nitrogen and oxygen atoms in total. The number of anilines is 1. The van der Waals surface area contributed by atoms with Crippen LogP contribution in [-0.4, -0.2) is 44.7 Å². The third-order valence-corrected chi connectivity index (χ3v) is 4.07. The number of piperidine rings is 1. The van der Waals surface area contributed by atoms with E-state index in [2.05, 4.69) is 0 Å². The smallest absolute Gasteiger partial charge is 0.319 e. The number of para-hydroxylation sites is 1. The van der Waals surface area contributed by atoms with Gasteiger partial charge in [0.1, 0.15) is 5.88 Å². The summed E-state index contributed by atoms with van der Waals surface area (Å²) < 4.78 is 19.7. The fourth-order valence-corrected chi connectivity index (χ4v) is 3.14. The fourth-order valence-electron chi connectivity index (χ4n) is 2.57. The minimum atomic E-state index is -1.81. The molecule has 1 aliphatic rings. The van der Waals surface area contributed by atoms with E-state index in [0.717, 1.165) is 18.5 Å². The summed E-state index contributed by atoms with van der Waals surface area (Å²) in [5.74, 6) is 0.161. The molecule has 1 unspecified atom stereocenters. The van der Waals surface area contributed by atoms with Crippen molar-refractivity contribution in [3.05, 3.63) is 30.3 Å². The van der Waals surface area contributed by atoms with Crippen molar-refractivity contribution in [1.82, 2.24) is 4.90 Å². The van der Waals surface area contributed by atoms with Gasteiger partial charge in [-0.3, -0.25) is 9.80 Å². The summed E-state index contributed by atoms with van der Waals surface area (Å²) in [5, 5.41) is 0. The van der Waals surface area contributed by atoms with Gasteiger partial charge in [-0.15, -0.1) is 0 Å². The monoisotopic (exact) mass is 297 g/mol. The van der Waals surface area contributed by atoms with Crippen LogP contribution >= 0.6 is 0 Å². The Morgan fingerprint density at radius 3 is 2.45 bits per heavy atom. The standard InChI is InChI=1S/C13H19N3O3S/c14-13(17)16(11-4-2-1-3-5-11)12-6-8-15(9-7-12)10-20(18)19/h1-5,12H,6-10H2,(H2,14,17)(H,18,19). The lowest BCUT2D eigenvalue weighted by Crippen LogP contribution is -2.50. The number of urea groups is 1. The van der Waals surface area contributed by atoms with Gasteiger partial charge in [-0.05, 0) is 25.0 Å². The minimum Gasteiger partial charge on any atom is -0.351 e. The second-order valence-electron chi connectivity index (χ2n) is 4.84. The van der Waals surface area contributed by atoms with Gasteiger partial charge in [0.25, 0.3) is 0 Å². The Morgan fingerprint density at radius 1 is 1.35 bits per heavy atom. The Labute approximate surface area is 120 Å². The van der Waals surface area contributed by atoms with Gasteiger partial charge in [0.2, 0.25) is 0 Å². The number of benzene rings is 1. The third-order valence-electron chi connectivity index (χ3n) is 3.49. The number of carbonyl (C=O) groups is 1. The average Bonchev–Trinajstić information content (AvgIpc) is 2.41. The molecule has 1 aliphatic heterocycles. The number of nitrogens with zero attached hydrogens (tertiary/aromatic N) is 2. The highest BCUT2D eigenvalue weighted by atomic mass is 32.2. The summed E-state index contributed by atoms with van der Waals surface area (Å²) in [7, 11) is 0. The highest BCUT2D eigenvalue weighted by molar-refractivity contribution is 7.79. The summed E-state index contributed by atoms with van der Waals surface area (Å²) >= 11 is -1.81. The summed E-state index contributed by atoms with van der Waals surface area (Å²) in [6.07, 6.45) is 1.49. The lowest BCUT2D eigenvalue weighted by Gasteiger charge is -2.37. The molecule has 1 fully saturated rings. The fraction of sp³-hybridized carbons (Fsp3) is 0.462. The van der Waals surface area contributed by atoms with Crippen molar-refractivity contribution < 1.29 is 13.6 Å². The van der Waals surface area contributed by atoms with Crippen LogP contribution in [0.25, 0.3) is 0 Å². The van der Waals surface area contributed by atoms with Crippen LogP contribution in [0, 0.1) is 0 Å². The molecule has 110 valence electrons. The highest BCUT2D eigenvalue weighted by Crippen LogP contribution is 2.23. The van der Waals surface area contributed by atoms with Crippen molar-refractivity contribution in [2.24, 2.45) is 5.73 Å². The second kappa shape index (κ2) is 6.83. The molecule has 1 aromatic carbocycles. The molecule has 1 heterocycles. The SMILES string of the molecule is NC(=O)N(c1ccccc1)C1CCN(CS(=O)O)CC1. The topological polar surface area (TPSA) is 86.9 Å². The molecule has 20 heavy (non-hydrogen) atoms. The van der Waals surface area contributed by atoms with E-state index in [0.29, 0.717) is 13.1 Å². The zero-order valence-corrected chi connectivity index (χ0v) is 12.0. The molecule has 3 N–H and O–H groups in total. The molecule has 0 aliphatic carbocycles. The van der Waals surface area contributed by atoms with Gasteiger partial charge >= 0.3 is 6.03 Å². The maximum atomic E-state index is 11.7. The van der Waals surface area contributed by atoms with E-state index in [1.165, 1.54) is 0 Å². The number of carbonyl (C=O) groups excluding carboxylic acids is 1. The quantitative estimate of drug-likeness (QED) is 0.818. The molecule has 2 amide bonds. The molecule has 2 rings (SSSR count). The summed E-state index contributed by atoms with van der Waals surface area (Å²) in [4.78, 5) is 15.3. The maximum Gasteiger partial charge on any atom is 0.319 e. The molecule has 0 saturated carbocycles. The lowest BCUT2D eigenvalue weighted by atomic mass is 10.0. The summed E-state index contributed by atoms with van der Waals surface area (Å²) in [6.45, 7) is 1.38. The molecule has 7 heteroatoms. The molecule has 0 bridgehead atoms. The van der Waals surface area contributed by atoms with Crippen molar-refractivity contribution in [1.29, 1.82) is 0 Å². The van der Waals surface area contributed by atoms with Crippen molar-refractivity contribution in [3.8, 4) is 0 Å². The zero-order chi connectivity index (χ0) is 14.5. The molecular weight excluding hydrogens is 278 g/mol. The van der Waals surface area contributed by atoms with E-state index in [4.69, 9.17) is 10.3 Å². The van der Waals surface area contributed by atoms with Gasteiger partial charge in [-0.1, -0.05) is 18.2 Å². The number of likely N-dealkylation sites (tertiary alicyclic amines) is 1. The Hall–Kier alpha value is -1.44. The first-order chi connectivity index (χ1) is 9.58. The van der Waals surface area contributed by atoms with Crippen molar-refractivity contribution in [2.75, 3.05) is 23.9 Å². The van der Waals surface area contributed by atoms with Crippen LogP contribution in [0.3, 0.4) is 0 Å². The minimum absolute atomic E-state index is 0.0401. The summed E-state index contributed by atoms with van der Waals surface area (Å²) in [5.41, 5.74) is 6.30. The Balaban J connectivity index is 2.03. The van der Waals surface area contributed by atoms with Gasteiger partial charge in [0.05, 0.1) is 0 Å². The van der Waals surface area contributed by atoms with E-state index in [1.807, 2.05) is 35.2 Å². The number of hydrogen-bond donors (Lipinski definition) is 2. The Bertz CT molecular complexity index is 475. The number of hydrogen-bond acceptors (Lipinski definition) is 3. The number of nitrogens with two attached hydrogens (primary N) is 1. The van der Waals surface area contributed by atoms with Crippen molar-refractivity contribution in [2.45, 2.75) is 18.9 Å². The van der Waals surface area contributed by atoms with Crippen LogP contribution in [-0.2, 0) is 11.1 Å². The predicted molar refractivity (Wildman–Crippen MR) is 78.7 cm³/mol.